The van der Waals surface area contributed by atoms with E-state index in [1.165, 1.54) is 0 Å². The maximum atomic E-state index is 12.7. The third kappa shape index (κ3) is 4.96. The normalized spacial score (nSPS) is 21.8. The third-order valence-electron chi connectivity index (χ3n) is 5.40. The lowest BCUT2D eigenvalue weighted by atomic mass is 9.90. The van der Waals surface area contributed by atoms with Crippen LogP contribution in [0.15, 0.2) is 18.5 Å². The second-order valence-electron chi connectivity index (χ2n) is 8.66. The summed E-state index contributed by atoms with van der Waals surface area (Å²) in [5.41, 5.74) is -0.361. The van der Waals surface area contributed by atoms with E-state index in [0.29, 0.717) is 13.1 Å². The molecule has 0 saturated carbocycles. The molecule has 1 aromatic rings. The summed E-state index contributed by atoms with van der Waals surface area (Å²) in [7, 11) is 0. The van der Waals surface area contributed by atoms with E-state index in [2.05, 4.69) is 20.2 Å². The Morgan fingerprint density at radius 1 is 1.07 bits per heavy atom. The first-order valence-electron chi connectivity index (χ1n) is 9.96. The highest BCUT2D eigenvalue weighted by molar-refractivity contribution is 5.82. The lowest BCUT2D eigenvalue weighted by Crippen LogP contribution is -2.51. The number of carbonyl (C=O) groups is 2. The first kappa shape index (κ1) is 19.6. The van der Waals surface area contributed by atoms with E-state index in [4.69, 9.17) is 0 Å². The van der Waals surface area contributed by atoms with E-state index < -0.39 is 0 Å². The van der Waals surface area contributed by atoms with Crippen LogP contribution in [-0.2, 0) is 9.59 Å². The molecule has 1 N–H and O–H groups in total. The Morgan fingerprint density at radius 2 is 1.74 bits per heavy atom. The summed E-state index contributed by atoms with van der Waals surface area (Å²) in [5.74, 6) is 1.02. The van der Waals surface area contributed by atoms with Gasteiger partial charge in [-0.15, -0.1) is 0 Å². The van der Waals surface area contributed by atoms with Gasteiger partial charge < -0.3 is 15.1 Å². The van der Waals surface area contributed by atoms with Gasteiger partial charge in [-0.25, -0.2) is 9.97 Å². The fraction of sp³-hybridized carbons (Fsp3) is 0.700. The summed E-state index contributed by atoms with van der Waals surface area (Å²) in [4.78, 5) is 37.8. The molecule has 1 unspecified atom stereocenters. The van der Waals surface area contributed by atoms with Gasteiger partial charge in [0.2, 0.25) is 17.8 Å². The zero-order valence-electron chi connectivity index (χ0n) is 16.6. The number of rotatable bonds is 3. The van der Waals surface area contributed by atoms with Crippen molar-refractivity contribution in [1.82, 2.24) is 20.2 Å². The molecule has 7 heteroatoms. The molecule has 2 aliphatic rings. The van der Waals surface area contributed by atoms with Gasteiger partial charge in [-0.3, -0.25) is 9.59 Å². The van der Waals surface area contributed by atoms with Crippen LogP contribution in [0.1, 0.15) is 46.5 Å². The minimum Gasteiger partial charge on any atom is -0.351 e. The Kier molecular flexibility index (Phi) is 5.97. The number of piperidine rings is 2. The number of likely N-dealkylation sites (tertiary alicyclic amines) is 1. The van der Waals surface area contributed by atoms with E-state index in [1.54, 1.807) is 12.4 Å². The molecule has 7 nitrogen and oxygen atoms in total. The molecule has 0 spiro atoms. The number of anilines is 1. The average molecular weight is 374 g/mol. The fourth-order valence-electron chi connectivity index (χ4n) is 3.87. The number of nitrogens with one attached hydrogen (secondary N) is 1. The number of hydrogen-bond acceptors (Lipinski definition) is 5. The van der Waals surface area contributed by atoms with Crippen LogP contribution in [0.5, 0.6) is 0 Å². The van der Waals surface area contributed by atoms with Crippen LogP contribution in [-0.4, -0.2) is 58.9 Å². The Bertz CT molecular complexity index is 650. The number of hydrogen-bond donors (Lipinski definition) is 1. The van der Waals surface area contributed by atoms with Gasteiger partial charge in [0.25, 0.3) is 0 Å². The van der Waals surface area contributed by atoms with Crippen molar-refractivity contribution in [3.63, 3.8) is 0 Å². The molecule has 27 heavy (non-hydrogen) atoms. The summed E-state index contributed by atoms with van der Waals surface area (Å²) in [6.45, 7) is 8.84. The van der Waals surface area contributed by atoms with Crippen molar-refractivity contribution < 1.29 is 9.59 Å². The van der Waals surface area contributed by atoms with Gasteiger partial charge >= 0.3 is 0 Å². The van der Waals surface area contributed by atoms with E-state index >= 15 is 0 Å². The summed E-state index contributed by atoms with van der Waals surface area (Å²) >= 11 is 0. The minimum absolute atomic E-state index is 0.00244. The fourth-order valence-corrected chi connectivity index (χ4v) is 3.87. The van der Waals surface area contributed by atoms with E-state index in [-0.39, 0.29) is 29.2 Å². The van der Waals surface area contributed by atoms with Gasteiger partial charge in [-0.1, -0.05) is 20.8 Å². The molecule has 0 radical (unpaired) electrons. The minimum atomic E-state index is -0.361. The van der Waals surface area contributed by atoms with Crippen molar-refractivity contribution in [3.8, 4) is 0 Å². The first-order chi connectivity index (χ1) is 12.8. The van der Waals surface area contributed by atoms with Gasteiger partial charge in [0.1, 0.15) is 0 Å². The molecule has 0 aliphatic carbocycles. The van der Waals surface area contributed by atoms with Crippen LogP contribution in [0.3, 0.4) is 0 Å². The molecule has 1 atom stereocenters. The van der Waals surface area contributed by atoms with Gasteiger partial charge in [0, 0.05) is 55.9 Å². The Balaban J connectivity index is 1.49. The van der Waals surface area contributed by atoms with E-state index in [1.807, 2.05) is 31.7 Å². The number of aromatic nitrogens is 2. The molecular formula is C20H31N5O2. The molecule has 0 bridgehead atoms. The third-order valence-corrected chi connectivity index (χ3v) is 5.40. The largest absolute Gasteiger partial charge is 0.351 e. The number of nitrogens with zero attached hydrogens (tertiary/aromatic N) is 4. The van der Waals surface area contributed by atoms with E-state index in [0.717, 1.165) is 44.7 Å². The van der Waals surface area contributed by atoms with Crippen LogP contribution < -0.4 is 10.2 Å². The predicted octanol–water partition coefficient (Wildman–Crippen LogP) is 1.85. The molecule has 2 aliphatic heterocycles. The maximum absolute atomic E-state index is 12.7. The molecule has 2 fully saturated rings. The van der Waals surface area contributed by atoms with Crippen LogP contribution in [0, 0.1) is 11.3 Å². The van der Waals surface area contributed by atoms with Crippen molar-refractivity contribution in [2.45, 2.75) is 52.5 Å². The van der Waals surface area contributed by atoms with Gasteiger partial charge in [-0.05, 0) is 31.7 Å². The van der Waals surface area contributed by atoms with Crippen molar-refractivity contribution in [2.24, 2.45) is 11.3 Å². The number of carbonyl (C=O) groups excluding carboxylic acids is 2. The molecule has 2 amide bonds. The lowest BCUT2D eigenvalue weighted by molar-refractivity contribution is -0.142. The van der Waals surface area contributed by atoms with Crippen molar-refractivity contribution >= 4 is 17.8 Å². The topological polar surface area (TPSA) is 78.4 Å². The summed E-state index contributed by atoms with van der Waals surface area (Å²) < 4.78 is 0. The SMILES string of the molecule is CC(C)(C)C(=O)N1CCC(C(=O)NC2CCCN(c3ncccn3)C2)CC1. The Hall–Kier alpha value is -2.18. The zero-order valence-corrected chi connectivity index (χ0v) is 16.6. The monoisotopic (exact) mass is 373 g/mol. The van der Waals surface area contributed by atoms with Crippen molar-refractivity contribution in [3.05, 3.63) is 18.5 Å². The molecule has 3 heterocycles. The average Bonchev–Trinajstić information content (AvgIpc) is 2.67. The van der Waals surface area contributed by atoms with Crippen LogP contribution >= 0.6 is 0 Å². The summed E-state index contributed by atoms with van der Waals surface area (Å²) in [6, 6.07) is 1.94. The summed E-state index contributed by atoms with van der Waals surface area (Å²) in [6.07, 6.45) is 6.98. The molecule has 148 valence electrons. The van der Waals surface area contributed by atoms with Crippen LogP contribution in [0.25, 0.3) is 0 Å². The lowest BCUT2D eigenvalue weighted by Gasteiger charge is -2.37. The highest BCUT2D eigenvalue weighted by atomic mass is 16.2. The van der Waals surface area contributed by atoms with Crippen molar-refractivity contribution in [2.75, 3.05) is 31.1 Å². The molecule has 3 rings (SSSR count). The maximum Gasteiger partial charge on any atom is 0.227 e. The first-order valence-corrected chi connectivity index (χ1v) is 9.96. The molecule has 2 saturated heterocycles. The standard InChI is InChI=1S/C20H31N5O2/c1-20(2,3)18(27)24-12-7-15(8-13-24)17(26)23-16-6-4-11-25(14-16)19-21-9-5-10-22-19/h5,9-10,15-16H,4,6-8,11-14H2,1-3H3,(H,23,26). The Morgan fingerprint density at radius 3 is 2.37 bits per heavy atom. The van der Waals surface area contributed by atoms with Gasteiger partial charge in [0.15, 0.2) is 0 Å². The quantitative estimate of drug-likeness (QED) is 0.875. The van der Waals surface area contributed by atoms with Gasteiger partial charge in [-0.2, -0.15) is 0 Å². The highest BCUT2D eigenvalue weighted by Gasteiger charge is 2.33. The Labute approximate surface area is 161 Å². The molecule has 1 aromatic heterocycles. The highest BCUT2D eigenvalue weighted by Crippen LogP contribution is 2.24. The second-order valence-corrected chi connectivity index (χ2v) is 8.66. The molecular weight excluding hydrogens is 342 g/mol. The molecule has 0 aromatic carbocycles. The van der Waals surface area contributed by atoms with Crippen molar-refractivity contribution in [1.29, 1.82) is 0 Å². The summed E-state index contributed by atoms with van der Waals surface area (Å²) in [5, 5.41) is 3.22. The predicted molar refractivity (Wildman–Crippen MR) is 104 cm³/mol. The number of amides is 2. The van der Waals surface area contributed by atoms with Gasteiger partial charge in [0.05, 0.1) is 0 Å². The van der Waals surface area contributed by atoms with E-state index in [9.17, 15) is 9.59 Å². The smallest absolute Gasteiger partial charge is 0.227 e. The zero-order chi connectivity index (χ0) is 19.4. The second kappa shape index (κ2) is 8.23. The van der Waals surface area contributed by atoms with Crippen LogP contribution in [0.4, 0.5) is 5.95 Å². The van der Waals surface area contributed by atoms with Crippen LogP contribution in [0.2, 0.25) is 0 Å².